The third-order valence-electron chi connectivity index (χ3n) is 6.01. The quantitative estimate of drug-likeness (QED) is 0.474. The number of piperazine rings is 1. The summed E-state index contributed by atoms with van der Waals surface area (Å²) in [6, 6.07) is 10.2. The first kappa shape index (κ1) is 18.0. The molecular weight excluding hydrogens is 388 g/mol. The van der Waals surface area contributed by atoms with Crippen LogP contribution in [0.25, 0.3) is 44.5 Å². The molecule has 0 aromatic carbocycles. The molecular formula is C23H22N8. The highest BCUT2D eigenvalue weighted by Gasteiger charge is 2.20. The number of nitrogens with one attached hydrogen (secondary N) is 2. The SMILES string of the molecule is CN1CCN(c2nccc3[nH]c(-c4n[nH]c5cnc(-c6ccncc6)cc45)cc23)CC1. The maximum Gasteiger partial charge on any atom is 0.138 e. The highest BCUT2D eigenvalue weighted by Crippen LogP contribution is 2.33. The van der Waals surface area contributed by atoms with Crippen molar-refractivity contribution in [2.24, 2.45) is 0 Å². The van der Waals surface area contributed by atoms with E-state index in [4.69, 9.17) is 4.98 Å². The fourth-order valence-electron chi connectivity index (χ4n) is 4.24. The van der Waals surface area contributed by atoms with Gasteiger partial charge in [-0.2, -0.15) is 5.10 Å². The van der Waals surface area contributed by atoms with E-state index >= 15 is 0 Å². The lowest BCUT2D eigenvalue weighted by Crippen LogP contribution is -2.44. The van der Waals surface area contributed by atoms with Gasteiger partial charge >= 0.3 is 0 Å². The molecule has 6 heterocycles. The Bertz CT molecular complexity index is 1360. The Labute approximate surface area is 179 Å². The van der Waals surface area contributed by atoms with Gasteiger partial charge in [0.2, 0.25) is 0 Å². The standard InChI is InChI=1S/C23H22N8/c1-30-8-10-31(11-9-30)23-17-13-20(27-18(17)4-7-25-23)22-16-12-19(15-2-5-24-6-3-15)26-14-21(16)28-29-22/h2-7,12-14,27H,8-11H2,1H3,(H,28,29). The number of fused-ring (bicyclic) bond motifs is 2. The average molecular weight is 410 g/mol. The molecule has 5 aromatic rings. The van der Waals surface area contributed by atoms with E-state index in [9.17, 15) is 0 Å². The highest BCUT2D eigenvalue weighted by atomic mass is 15.3. The van der Waals surface area contributed by atoms with Gasteiger partial charge in [-0.25, -0.2) is 4.98 Å². The first-order valence-electron chi connectivity index (χ1n) is 10.4. The van der Waals surface area contributed by atoms with Gasteiger partial charge in [0, 0.05) is 61.1 Å². The van der Waals surface area contributed by atoms with Crippen LogP contribution in [0.5, 0.6) is 0 Å². The van der Waals surface area contributed by atoms with E-state index in [1.54, 1.807) is 12.4 Å². The van der Waals surface area contributed by atoms with E-state index in [-0.39, 0.29) is 0 Å². The zero-order chi connectivity index (χ0) is 20.8. The van der Waals surface area contributed by atoms with Crippen LogP contribution in [-0.2, 0) is 0 Å². The van der Waals surface area contributed by atoms with Gasteiger partial charge in [0.05, 0.1) is 28.6 Å². The van der Waals surface area contributed by atoms with Crippen molar-refractivity contribution in [3.05, 3.63) is 55.1 Å². The van der Waals surface area contributed by atoms with Gasteiger partial charge in [0.1, 0.15) is 11.5 Å². The lowest BCUT2D eigenvalue weighted by atomic mass is 10.1. The van der Waals surface area contributed by atoms with Crippen molar-refractivity contribution in [2.45, 2.75) is 0 Å². The van der Waals surface area contributed by atoms with Crippen molar-refractivity contribution in [3.8, 4) is 22.6 Å². The van der Waals surface area contributed by atoms with Gasteiger partial charge < -0.3 is 14.8 Å². The molecule has 154 valence electrons. The topological polar surface area (TPSA) is 89.6 Å². The van der Waals surface area contributed by atoms with Crippen LogP contribution < -0.4 is 4.90 Å². The fourth-order valence-corrected chi connectivity index (χ4v) is 4.24. The fraction of sp³-hybridized carbons (Fsp3) is 0.217. The molecule has 0 radical (unpaired) electrons. The molecule has 1 aliphatic heterocycles. The van der Waals surface area contributed by atoms with E-state index in [0.29, 0.717) is 0 Å². The van der Waals surface area contributed by atoms with Gasteiger partial charge in [-0.3, -0.25) is 15.1 Å². The molecule has 31 heavy (non-hydrogen) atoms. The second-order valence-corrected chi connectivity index (χ2v) is 7.99. The minimum Gasteiger partial charge on any atom is -0.353 e. The number of aromatic amines is 2. The molecule has 5 aromatic heterocycles. The zero-order valence-electron chi connectivity index (χ0n) is 17.2. The van der Waals surface area contributed by atoms with Crippen molar-refractivity contribution in [1.29, 1.82) is 0 Å². The highest BCUT2D eigenvalue weighted by molar-refractivity contribution is 5.99. The number of hydrogen-bond acceptors (Lipinski definition) is 6. The molecule has 0 unspecified atom stereocenters. The lowest BCUT2D eigenvalue weighted by molar-refractivity contribution is 0.312. The Balaban J connectivity index is 1.44. The summed E-state index contributed by atoms with van der Waals surface area (Å²) in [7, 11) is 2.16. The number of H-pyrrole nitrogens is 2. The van der Waals surface area contributed by atoms with Gasteiger partial charge in [-0.15, -0.1) is 0 Å². The van der Waals surface area contributed by atoms with E-state index in [2.05, 4.69) is 54.1 Å². The summed E-state index contributed by atoms with van der Waals surface area (Å²) in [4.78, 5) is 21.7. The molecule has 0 spiro atoms. The number of nitrogens with zero attached hydrogens (tertiary/aromatic N) is 6. The van der Waals surface area contributed by atoms with Crippen LogP contribution in [0.2, 0.25) is 0 Å². The molecule has 2 N–H and O–H groups in total. The van der Waals surface area contributed by atoms with Crippen LogP contribution in [0, 0.1) is 0 Å². The van der Waals surface area contributed by atoms with Gasteiger partial charge in [-0.05, 0) is 37.4 Å². The Hall–Kier alpha value is -3.78. The smallest absolute Gasteiger partial charge is 0.138 e. The van der Waals surface area contributed by atoms with Crippen molar-refractivity contribution in [2.75, 3.05) is 38.1 Å². The first-order valence-corrected chi connectivity index (χ1v) is 10.4. The van der Waals surface area contributed by atoms with Crippen LogP contribution in [0.3, 0.4) is 0 Å². The Morgan fingerprint density at radius 2 is 1.71 bits per heavy atom. The van der Waals surface area contributed by atoms with Crippen LogP contribution >= 0.6 is 0 Å². The summed E-state index contributed by atoms with van der Waals surface area (Å²) in [5, 5.41) is 9.87. The Morgan fingerprint density at radius 3 is 2.55 bits per heavy atom. The molecule has 8 nitrogen and oxygen atoms in total. The monoisotopic (exact) mass is 410 g/mol. The number of likely N-dealkylation sites (N-methyl/N-ethyl adjacent to an activating group) is 1. The molecule has 0 aliphatic carbocycles. The molecule has 0 saturated carbocycles. The van der Waals surface area contributed by atoms with Crippen LogP contribution in [-0.4, -0.2) is 68.3 Å². The van der Waals surface area contributed by atoms with E-state index in [1.165, 1.54) is 0 Å². The molecule has 1 fully saturated rings. The minimum absolute atomic E-state index is 0.883. The van der Waals surface area contributed by atoms with Crippen molar-refractivity contribution < 1.29 is 0 Å². The molecule has 8 heteroatoms. The maximum absolute atomic E-state index is 4.71. The number of hydrogen-bond donors (Lipinski definition) is 2. The van der Waals surface area contributed by atoms with Gasteiger partial charge in [0.15, 0.2) is 0 Å². The first-order chi connectivity index (χ1) is 15.3. The predicted molar refractivity (Wildman–Crippen MR) is 122 cm³/mol. The molecule has 1 aliphatic rings. The minimum atomic E-state index is 0.883. The second kappa shape index (κ2) is 7.17. The molecule has 0 amide bonds. The maximum atomic E-state index is 4.71. The molecule has 1 saturated heterocycles. The normalized spacial score (nSPS) is 15.2. The molecule has 0 atom stereocenters. The number of rotatable bonds is 3. The summed E-state index contributed by atoms with van der Waals surface area (Å²) in [5.41, 5.74) is 5.75. The number of anilines is 1. The Kier molecular flexibility index (Phi) is 4.17. The summed E-state index contributed by atoms with van der Waals surface area (Å²) in [6.45, 7) is 4.05. The third kappa shape index (κ3) is 3.12. The largest absolute Gasteiger partial charge is 0.353 e. The van der Waals surface area contributed by atoms with E-state index < -0.39 is 0 Å². The van der Waals surface area contributed by atoms with E-state index in [0.717, 1.165) is 76.4 Å². The average Bonchev–Trinajstić information content (AvgIpc) is 3.43. The summed E-state index contributed by atoms with van der Waals surface area (Å²) in [5.74, 6) is 1.03. The lowest BCUT2D eigenvalue weighted by Gasteiger charge is -2.33. The van der Waals surface area contributed by atoms with Crippen molar-refractivity contribution >= 4 is 27.6 Å². The Morgan fingerprint density at radius 1 is 0.871 bits per heavy atom. The van der Waals surface area contributed by atoms with Gasteiger partial charge in [0.25, 0.3) is 0 Å². The predicted octanol–water partition coefficient (Wildman–Crippen LogP) is 3.32. The van der Waals surface area contributed by atoms with Crippen molar-refractivity contribution in [1.82, 2.24) is 35.0 Å². The van der Waals surface area contributed by atoms with E-state index in [1.807, 2.05) is 30.6 Å². The number of aromatic nitrogens is 6. The molecule has 0 bridgehead atoms. The number of pyridine rings is 3. The second-order valence-electron chi connectivity index (χ2n) is 7.99. The zero-order valence-corrected chi connectivity index (χ0v) is 17.2. The summed E-state index contributed by atoms with van der Waals surface area (Å²) < 4.78 is 0. The summed E-state index contributed by atoms with van der Waals surface area (Å²) in [6.07, 6.45) is 7.27. The third-order valence-corrected chi connectivity index (χ3v) is 6.01. The summed E-state index contributed by atoms with van der Waals surface area (Å²) >= 11 is 0. The van der Waals surface area contributed by atoms with Gasteiger partial charge in [-0.1, -0.05) is 0 Å². The van der Waals surface area contributed by atoms with Crippen LogP contribution in [0.4, 0.5) is 5.82 Å². The van der Waals surface area contributed by atoms with Crippen molar-refractivity contribution in [3.63, 3.8) is 0 Å². The molecule has 6 rings (SSSR count). The van der Waals surface area contributed by atoms with Crippen LogP contribution in [0.1, 0.15) is 0 Å². The van der Waals surface area contributed by atoms with Crippen LogP contribution in [0.15, 0.2) is 55.1 Å².